The van der Waals surface area contributed by atoms with Crippen molar-refractivity contribution in [2.75, 3.05) is 7.11 Å². The van der Waals surface area contributed by atoms with Crippen LogP contribution in [0.3, 0.4) is 0 Å². The van der Waals surface area contributed by atoms with Gasteiger partial charge in [-0.05, 0) is 48.9 Å². The van der Waals surface area contributed by atoms with Crippen LogP contribution in [-0.4, -0.2) is 17.9 Å². The number of nitrogens with zero attached hydrogens (tertiary/aromatic N) is 1. The first-order valence-corrected chi connectivity index (χ1v) is 9.66. The zero-order chi connectivity index (χ0) is 17.9. The van der Waals surface area contributed by atoms with Crippen molar-refractivity contribution in [2.24, 2.45) is 5.92 Å². The summed E-state index contributed by atoms with van der Waals surface area (Å²) < 4.78 is 6.23. The first kappa shape index (κ1) is 18.1. The molecule has 1 aliphatic rings. The molecule has 1 fully saturated rings. The van der Waals surface area contributed by atoms with E-state index in [0.29, 0.717) is 11.8 Å². The number of Topliss-reactive ketones (excluding diaryl/α,β-unsaturated/α-hetero) is 1. The van der Waals surface area contributed by atoms with Crippen LogP contribution in [0.5, 0.6) is 5.88 Å². The maximum Gasteiger partial charge on any atom is 0.212 e. The highest BCUT2D eigenvalue weighted by Crippen LogP contribution is 2.46. The summed E-state index contributed by atoms with van der Waals surface area (Å²) in [7, 11) is 1.61. The number of pyridine rings is 1. The fourth-order valence-electron chi connectivity index (χ4n) is 4.31. The van der Waals surface area contributed by atoms with Gasteiger partial charge in [-0.25, -0.2) is 4.98 Å². The number of hydrogen-bond donors (Lipinski definition) is 0. The fourth-order valence-corrected chi connectivity index (χ4v) is 4.58. The van der Waals surface area contributed by atoms with E-state index in [2.05, 4.69) is 33.0 Å². The molecule has 0 spiro atoms. The monoisotopic (exact) mass is 401 g/mol. The summed E-state index contributed by atoms with van der Waals surface area (Å²) in [5, 5.41) is 0. The van der Waals surface area contributed by atoms with Gasteiger partial charge in [0.15, 0.2) is 0 Å². The van der Waals surface area contributed by atoms with Gasteiger partial charge in [0.1, 0.15) is 5.78 Å². The number of hydrogen-bond acceptors (Lipinski definition) is 3. The lowest BCUT2D eigenvalue weighted by molar-refractivity contribution is -0.123. The summed E-state index contributed by atoms with van der Waals surface area (Å²) in [5.74, 6) is 1.06. The lowest BCUT2D eigenvalue weighted by atomic mass is 9.60. The van der Waals surface area contributed by atoms with E-state index >= 15 is 0 Å². The number of aromatic nitrogens is 1. The number of benzene rings is 1. The van der Waals surface area contributed by atoms with Crippen LogP contribution in [0.4, 0.5) is 0 Å². The van der Waals surface area contributed by atoms with E-state index in [0.717, 1.165) is 28.4 Å². The van der Waals surface area contributed by atoms with Crippen molar-refractivity contribution < 1.29 is 9.53 Å². The van der Waals surface area contributed by atoms with Crippen LogP contribution in [0, 0.1) is 5.92 Å². The van der Waals surface area contributed by atoms with E-state index in [1.54, 1.807) is 14.0 Å². The molecule has 1 heterocycles. The van der Waals surface area contributed by atoms with Gasteiger partial charge in [-0.3, -0.25) is 4.79 Å². The van der Waals surface area contributed by atoms with E-state index in [1.807, 2.05) is 30.5 Å². The van der Waals surface area contributed by atoms with Gasteiger partial charge in [0.2, 0.25) is 5.88 Å². The highest BCUT2D eigenvalue weighted by molar-refractivity contribution is 9.10. The molecule has 0 N–H and O–H groups in total. The minimum atomic E-state index is -0.639. The lowest BCUT2D eigenvalue weighted by Gasteiger charge is -2.42. The van der Waals surface area contributed by atoms with Crippen LogP contribution in [0.15, 0.2) is 47.1 Å². The van der Waals surface area contributed by atoms with Gasteiger partial charge in [0.05, 0.1) is 12.5 Å². The van der Waals surface area contributed by atoms with E-state index in [9.17, 15) is 4.79 Å². The first-order valence-electron chi connectivity index (χ1n) is 8.86. The van der Waals surface area contributed by atoms with Crippen molar-refractivity contribution in [1.29, 1.82) is 0 Å². The zero-order valence-corrected chi connectivity index (χ0v) is 16.4. The second-order valence-electron chi connectivity index (χ2n) is 6.80. The fraction of sp³-hybridized carbons (Fsp3) is 0.429. The van der Waals surface area contributed by atoms with Gasteiger partial charge < -0.3 is 4.74 Å². The summed E-state index contributed by atoms with van der Waals surface area (Å²) in [4.78, 5) is 17.5. The zero-order valence-electron chi connectivity index (χ0n) is 14.8. The third kappa shape index (κ3) is 3.37. The predicted molar refractivity (Wildman–Crippen MR) is 103 cm³/mol. The van der Waals surface area contributed by atoms with Crippen molar-refractivity contribution in [3.05, 3.63) is 58.2 Å². The largest absolute Gasteiger partial charge is 0.481 e. The Hall–Kier alpha value is -1.68. The Morgan fingerprint density at radius 1 is 1.08 bits per heavy atom. The topological polar surface area (TPSA) is 39.2 Å². The number of halogens is 1. The molecule has 132 valence electrons. The van der Waals surface area contributed by atoms with Gasteiger partial charge >= 0.3 is 0 Å². The van der Waals surface area contributed by atoms with Crippen molar-refractivity contribution in [3.8, 4) is 5.88 Å². The van der Waals surface area contributed by atoms with Gasteiger partial charge in [-0.1, -0.05) is 53.4 Å². The molecule has 0 radical (unpaired) electrons. The van der Waals surface area contributed by atoms with Gasteiger partial charge in [-0.15, -0.1) is 0 Å². The number of methoxy groups -OCH3 is 1. The van der Waals surface area contributed by atoms with Crippen LogP contribution in [0.25, 0.3) is 0 Å². The number of ether oxygens (including phenoxy) is 1. The molecule has 3 nitrogen and oxygen atoms in total. The molecule has 2 aromatic rings. The Labute approximate surface area is 157 Å². The van der Waals surface area contributed by atoms with Crippen LogP contribution >= 0.6 is 15.9 Å². The van der Waals surface area contributed by atoms with Crippen LogP contribution in [0.2, 0.25) is 0 Å². The van der Waals surface area contributed by atoms with Gasteiger partial charge in [-0.2, -0.15) is 0 Å². The Balaban J connectivity index is 2.19. The Morgan fingerprint density at radius 3 is 2.24 bits per heavy atom. The Kier molecular flexibility index (Phi) is 5.57. The van der Waals surface area contributed by atoms with Crippen LogP contribution in [-0.2, 0) is 10.2 Å². The summed E-state index contributed by atoms with van der Waals surface area (Å²) in [6.45, 7) is 1.72. The minimum Gasteiger partial charge on any atom is -0.481 e. The molecule has 1 aliphatic carbocycles. The van der Waals surface area contributed by atoms with Crippen molar-refractivity contribution in [3.63, 3.8) is 0 Å². The highest BCUT2D eigenvalue weighted by atomic mass is 79.9. The maximum atomic E-state index is 13.1. The van der Waals surface area contributed by atoms with Crippen molar-refractivity contribution in [1.82, 2.24) is 4.98 Å². The van der Waals surface area contributed by atoms with Gasteiger partial charge in [0.25, 0.3) is 0 Å². The molecule has 1 unspecified atom stereocenters. The quantitative estimate of drug-likeness (QED) is 0.681. The smallest absolute Gasteiger partial charge is 0.212 e. The van der Waals surface area contributed by atoms with E-state index in [4.69, 9.17) is 4.74 Å². The number of ketones is 1. The molecule has 25 heavy (non-hydrogen) atoms. The maximum absolute atomic E-state index is 13.1. The van der Waals surface area contributed by atoms with Crippen LogP contribution in [0.1, 0.15) is 50.2 Å². The summed E-state index contributed by atoms with van der Waals surface area (Å²) >= 11 is 3.51. The molecule has 0 saturated heterocycles. The molecular weight excluding hydrogens is 378 g/mol. The summed E-state index contributed by atoms with van der Waals surface area (Å²) in [5.41, 5.74) is 1.39. The average Bonchev–Trinajstić information content (AvgIpc) is 2.65. The number of rotatable bonds is 5. The molecule has 4 heteroatoms. The molecule has 0 amide bonds. The molecule has 0 bridgehead atoms. The second-order valence-corrected chi connectivity index (χ2v) is 7.71. The molecular formula is C21H24BrNO2. The van der Waals surface area contributed by atoms with E-state index in [1.165, 1.54) is 19.3 Å². The first-order chi connectivity index (χ1) is 12.1. The molecule has 1 atom stereocenters. The summed E-state index contributed by atoms with van der Waals surface area (Å²) in [6.07, 6.45) is 7.57. The number of carbonyl (C=O) groups is 1. The average molecular weight is 402 g/mol. The molecule has 1 saturated carbocycles. The van der Waals surface area contributed by atoms with E-state index < -0.39 is 5.41 Å². The normalized spacial score (nSPS) is 17.7. The van der Waals surface area contributed by atoms with E-state index in [-0.39, 0.29) is 5.78 Å². The Bertz CT molecular complexity index is 721. The minimum absolute atomic E-state index is 0.189. The third-order valence-electron chi connectivity index (χ3n) is 5.47. The van der Waals surface area contributed by atoms with Crippen LogP contribution < -0.4 is 4.74 Å². The molecule has 3 rings (SSSR count). The predicted octanol–water partition coefficient (Wildman–Crippen LogP) is 5.31. The molecule has 1 aromatic carbocycles. The Morgan fingerprint density at radius 2 is 1.72 bits per heavy atom. The standard InChI is InChI=1S/C21H24BrNO2/c1-15(24)21(16-6-4-3-5-7-16,17-8-11-19(22)12-9-17)18-10-13-20(25-2)23-14-18/h8-14,16H,3-7H2,1-2H3. The second kappa shape index (κ2) is 7.69. The highest BCUT2D eigenvalue weighted by Gasteiger charge is 2.46. The molecule has 1 aromatic heterocycles. The summed E-state index contributed by atoms with van der Waals surface area (Å²) in [6, 6.07) is 12.0. The lowest BCUT2D eigenvalue weighted by Crippen LogP contribution is -2.44. The van der Waals surface area contributed by atoms with Crippen molar-refractivity contribution >= 4 is 21.7 Å². The number of carbonyl (C=O) groups excluding carboxylic acids is 1. The molecule has 0 aliphatic heterocycles. The SMILES string of the molecule is COc1ccc(C(C(C)=O)(c2ccc(Br)cc2)C2CCCCC2)cn1. The van der Waals surface area contributed by atoms with Gasteiger partial charge in [0, 0.05) is 16.7 Å². The van der Waals surface area contributed by atoms with Crippen molar-refractivity contribution in [2.45, 2.75) is 44.4 Å². The third-order valence-corrected chi connectivity index (χ3v) is 6.00.